The van der Waals surface area contributed by atoms with E-state index in [0.29, 0.717) is 34.3 Å². The van der Waals surface area contributed by atoms with Gasteiger partial charge in [-0.05, 0) is 74.0 Å². The minimum absolute atomic E-state index is 0.0963. The molecule has 0 heterocycles. The minimum atomic E-state index is -4.01. The van der Waals surface area contributed by atoms with Crippen molar-refractivity contribution in [3.8, 4) is 5.75 Å². The van der Waals surface area contributed by atoms with Crippen molar-refractivity contribution < 1.29 is 17.9 Å². The molecule has 0 aliphatic carbocycles. The monoisotopic (exact) mass is 484 g/mol. The van der Waals surface area contributed by atoms with Gasteiger partial charge in [-0.3, -0.25) is 9.10 Å². The first kappa shape index (κ1) is 24.4. The third-order valence-electron chi connectivity index (χ3n) is 4.83. The van der Waals surface area contributed by atoms with Crippen LogP contribution in [0.2, 0.25) is 5.02 Å². The van der Waals surface area contributed by atoms with Crippen LogP contribution in [-0.2, 0) is 14.8 Å². The molecule has 6 nitrogen and oxygen atoms in total. The summed E-state index contributed by atoms with van der Waals surface area (Å²) in [5, 5.41) is 3.22. The molecular weight excluding hydrogens is 460 g/mol. The van der Waals surface area contributed by atoms with Crippen LogP contribution in [0.5, 0.6) is 5.75 Å². The Kier molecular flexibility index (Phi) is 7.79. The molecule has 0 radical (unpaired) electrons. The molecule has 0 bridgehead atoms. The van der Waals surface area contributed by atoms with Crippen LogP contribution in [0.25, 0.3) is 0 Å². The molecular formula is C25H25ClN2O4S. The van der Waals surface area contributed by atoms with Gasteiger partial charge in [-0.15, -0.1) is 0 Å². The number of aryl methyl sites for hydroxylation is 2. The van der Waals surface area contributed by atoms with E-state index in [1.807, 2.05) is 6.92 Å². The molecule has 0 fully saturated rings. The van der Waals surface area contributed by atoms with Gasteiger partial charge in [0.25, 0.3) is 10.0 Å². The molecule has 0 aromatic heterocycles. The van der Waals surface area contributed by atoms with Gasteiger partial charge in [-0.1, -0.05) is 42.0 Å². The lowest BCUT2D eigenvalue weighted by Crippen LogP contribution is -2.38. The minimum Gasteiger partial charge on any atom is -0.490 e. The summed E-state index contributed by atoms with van der Waals surface area (Å²) in [4.78, 5) is 13.0. The number of nitrogens with one attached hydrogen (secondary N) is 1. The van der Waals surface area contributed by atoms with E-state index in [-0.39, 0.29) is 4.90 Å². The maximum absolute atomic E-state index is 13.5. The summed E-state index contributed by atoms with van der Waals surface area (Å²) in [5.41, 5.74) is 2.46. The smallest absolute Gasteiger partial charge is 0.264 e. The third kappa shape index (κ3) is 6.15. The first-order chi connectivity index (χ1) is 15.7. The van der Waals surface area contributed by atoms with Crippen LogP contribution in [-0.4, -0.2) is 27.5 Å². The zero-order valence-corrected chi connectivity index (χ0v) is 20.0. The van der Waals surface area contributed by atoms with E-state index in [1.54, 1.807) is 67.6 Å². The number of benzene rings is 3. The van der Waals surface area contributed by atoms with E-state index < -0.39 is 22.5 Å². The number of carbonyl (C=O) groups excluding carboxylic acids is 1. The second-order valence-corrected chi connectivity index (χ2v) is 9.73. The number of hydrogen-bond acceptors (Lipinski definition) is 4. The molecule has 1 amide bonds. The Morgan fingerprint density at radius 1 is 1.06 bits per heavy atom. The highest BCUT2D eigenvalue weighted by atomic mass is 35.5. The Bertz CT molecular complexity index is 1240. The van der Waals surface area contributed by atoms with Crippen LogP contribution in [0.1, 0.15) is 11.1 Å². The Labute approximate surface area is 199 Å². The average molecular weight is 485 g/mol. The van der Waals surface area contributed by atoms with Gasteiger partial charge in [-0.2, -0.15) is 0 Å². The largest absolute Gasteiger partial charge is 0.490 e. The molecule has 8 heteroatoms. The molecule has 33 heavy (non-hydrogen) atoms. The second-order valence-electron chi connectivity index (χ2n) is 7.43. The van der Waals surface area contributed by atoms with Crippen molar-refractivity contribution in [2.45, 2.75) is 18.7 Å². The Balaban J connectivity index is 1.88. The summed E-state index contributed by atoms with van der Waals surface area (Å²) in [7, 11) is -4.01. The fraction of sp³-hybridized carbons (Fsp3) is 0.160. The normalized spacial score (nSPS) is 11.0. The predicted molar refractivity (Wildman–Crippen MR) is 133 cm³/mol. The van der Waals surface area contributed by atoms with Crippen LogP contribution in [0.3, 0.4) is 0 Å². The summed E-state index contributed by atoms with van der Waals surface area (Å²) in [5.74, 6) is 0.146. The predicted octanol–water partition coefficient (Wildman–Crippen LogP) is 5.36. The molecule has 0 atom stereocenters. The number of ether oxygens (including phenoxy) is 1. The van der Waals surface area contributed by atoms with Gasteiger partial charge in [-0.25, -0.2) is 8.42 Å². The summed E-state index contributed by atoms with van der Waals surface area (Å²) in [6, 6.07) is 18.1. The molecule has 3 aromatic rings. The van der Waals surface area contributed by atoms with Gasteiger partial charge in [0, 0.05) is 10.7 Å². The SMILES string of the molecule is C=CCOc1ccc(NC(=O)CN(c2ccc(Cl)cc2C)S(=O)(=O)c2ccc(C)cc2)cc1. The van der Waals surface area contributed by atoms with Crippen LogP contribution in [0.15, 0.2) is 84.3 Å². The zero-order chi connectivity index (χ0) is 24.0. The molecule has 0 saturated carbocycles. The Hall–Kier alpha value is -3.29. The number of nitrogens with zero attached hydrogens (tertiary/aromatic N) is 1. The van der Waals surface area contributed by atoms with E-state index in [2.05, 4.69) is 11.9 Å². The molecule has 3 aromatic carbocycles. The summed E-state index contributed by atoms with van der Waals surface area (Å²) in [6.07, 6.45) is 1.64. The molecule has 0 spiro atoms. The molecule has 3 rings (SSSR count). The molecule has 172 valence electrons. The highest BCUT2D eigenvalue weighted by Gasteiger charge is 2.28. The highest BCUT2D eigenvalue weighted by molar-refractivity contribution is 7.92. The van der Waals surface area contributed by atoms with E-state index in [0.717, 1.165) is 9.87 Å². The van der Waals surface area contributed by atoms with Gasteiger partial charge in [0.15, 0.2) is 0 Å². The van der Waals surface area contributed by atoms with Crippen molar-refractivity contribution >= 4 is 38.9 Å². The van der Waals surface area contributed by atoms with Crippen molar-refractivity contribution in [2.24, 2.45) is 0 Å². The Morgan fingerprint density at radius 2 is 1.73 bits per heavy atom. The molecule has 1 N–H and O–H groups in total. The fourth-order valence-electron chi connectivity index (χ4n) is 3.16. The van der Waals surface area contributed by atoms with E-state index in [9.17, 15) is 13.2 Å². The van der Waals surface area contributed by atoms with E-state index >= 15 is 0 Å². The van der Waals surface area contributed by atoms with Gasteiger partial charge >= 0.3 is 0 Å². The van der Waals surface area contributed by atoms with Crippen LogP contribution >= 0.6 is 11.6 Å². The lowest BCUT2D eigenvalue weighted by Gasteiger charge is -2.26. The standard InChI is InChI=1S/C25H25ClN2O4S/c1-4-15-32-22-10-8-21(9-11-22)27-25(29)17-28(24-14-7-20(26)16-19(24)3)33(30,31)23-12-5-18(2)6-13-23/h4-14,16H,1,15,17H2,2-3H3,(H,27,29). The van der Waals surface area contributed by atoms with E-state index in [1.165, 1.54) is 12.1 Å². The fourth-order valence-corrected chi connectivity index (χ4v) is 4.87. The number of hydrogen-bond donors (Lipinski definition) is 1. The number of sulfonamides is 1. The van der Waals surface area contributed by atoms with Crippen molar-refractivity contribution in [1.29, 1.82) is 0 Å². The number of halogens is 1. The third-order valence-corrected chi connectivity index (χ3v) is 6.84. The van der Waals surface area contributed by atoms with Crippen LogP contribution < -0.4 is 14.4 Å². The number of amides is 1. The summed E-state index contributed by atoms with van der Waals surface area (Å²) in [6.45, 7) is 7.19. The summed E-state index contributed by atoms with van der Waals surface area (Å²) >= 11 is 6.06. The van der Waals surface area contributed by atoms with Crippen molar-refractivity contribution in [1.82, 2.24) is 0 Å². The topological polar surface area (TPSA) is 75.7 Å². The second kappa shape index (κ2) is 10.6. The van der Waals surface area contributed by atoms with Gasteiger partial charge < -0.3 is 10.1 Å². The van der Waals surface area contributed by atoms with Crippen molar-refractivity contribution in [2.75, 3.05) is 22.8 Å². The van der Waals surface area contributed by atoms with Crippen LogP contribution in [0, 0.1) is 13.8 Å². The number of carbonyl (C=O) groups is 1. The first-order valence-corrected chi connectivity index (χ1v) is 12.0. The Morgan fingerprint density at radius 3 is 2.33 bits per heavy atom. The van der Waals surface area contributed by atoms with E-state index in [4.69, 9.17) is 16.3 Å². The lowest BCUT2D eigenvalue weighted by molar-refractivity contribution is -0.114. The maximum Gasteiger partial charge on any atom is 0.264 e. The quantitative estimate of drug-likeness (QED) is 0.415. The van der Waals surface area contributed by atoms with Crippen LogP contribution in [0.4, 0.5) is 11.4 Å². The first-order valence-electron chi connectivity index (χ1n) is 10.2. The molecule has 0 unspecified atom stereocenters. The highest BCUT2D eigenvalue weighted by Crippen LogP contribution is 2.29. The van der Waals surface area contributed by atoms with Gasteiger partial charge in [0.1, 0.15) is 18.9 Å². The van der Waals surface area contributed by atoms with Gasteiger partial charge in [0.05, 0.1) is 10.6 Å². The number of anilines is 2. The number of rotatable bonds is 9. The van der Waals surface area contributed by atoms with Gasteiger partial charge in [0.2, 0.25) is 5.91 Å². The molecule has 0 aliphatic heterocycles. The molecule has 0 saturated heterocycles. The average Bonchev–Trinajstić information content (AvgIpc) is 2.78. The van der Waals surface area contributed by atoms with Crippen molar-refractivity contribution in [3.63, 3.8) is 0 Å². The lowest BCUT2D eigenvalue weighted by atomic mass is 10.2. The molecule has 0 aliphatic rings. The van der Waals surface area contributed by atoms with Crippen molar-refractivity contribution in [3.05, 3.63) is 95.5 Å². The zero-order valence-electron chi connectivity index (χ0n) is 18.4. The maximum atomic E-state index is 13.5. The summed E-state index contributed by atoms with van der Waals surface area (Å²) < 4.78 is 33.5.